The van der Waals surface area contributed by atoms with E-state index in [0.29, 0.717) is 6.61 Å². The van der Waals surface area contributed by atoms with Gasteiger partial charge < -0.3 is 10.1 Å². The highest BCUT2D eigenvalue weighted by molar-refractivity contribution is 7.99. The van der Waals surface area contributed by atoms with Crippen molar-refractivity contribution < 1.29 is 9.53 Å². The lowest BCUT2D eigenvalue weighted by Gasteiger charge is -2.47. The summed E-state index contributed by atoms with van der Waals surface area (Å²) in [5.41, 5.74) is -0.564. The molecule has 3 nitrogen and oxygen atoms in total. The van der Waals surface area contributed by atoms with Crippen LogP contribution in [0.2, 0.25) is 0 Å². The Hall–Kier alpha value is -0.220. The molecule has 0 radical (unpaired) electrons. The van der Waals surface area contributed by atoms with Crippen molar-refractivity contribution in [2.45, 2.75) is 32.7 Å². The SMILES string of the molecule is CCOC(=O)C1(NC)CSCCC1(C)C. The smallest absolute Gasteiger partial charge is 0.327 e. The molecule has 0 aromatic rings. The van der Waals surface area contributed by atoms with Gasteiger partial charge in [0, 0.05) is 5.75 Å². The lowest BCUT2D eigenvalue weighted by Crippen LogP contribution is -2.64. The van der Waals surface area contributed by atoms with Gasteiger partial charge in [0.25, 0.3) is 0 Å². The van der Waals surface area contributed by atoms with Gasteiger partial charge in [-0.05, 0) is 31.6 Å². The second kappa shape index (κ2) is 4.74. The number of thioether (sulfide) groups is 1. The van der Waals surface area contributed by atoms with Crippen LogP contribution in [0.3, 0.4) is 0 Å². The van der Waals surface area contributed by atoms with Crippen LogP contribution in [0.1, 0.15) is 27.2 Å². The van der Waals surface area contributed by atoms with E-state index in [2.05, 4.69) is 19.2 Å². The number of hydrogen-bond acceptors (Lipinski definition) is 4. The van der Waals surface area contributed by atoms with Gasteiger partial charge in [-0.2, -0.15) is 11.8 Å². The maximum atomic E-state index is 12.1. The topological polar surface area (TPSA) is 38.3 Å². The molecule has 1 aliphatic heterocycles. The minimum Gasteiger partial charge on any atom is -0.465 e. The summed E-state index contributed by atoms with van der Waals surface area (Å²) >= 11 is 1.82. The molecule has 1 heterocycles. The number of esters is 1. The molecule has 1 unspecified atom stereocenters. The van der Waals surface area contributed by atoms with Gasteiger partial charge in [-0.25, -0.2) is 4.79 Å². The third-order valence-electron chi connectivity index (χ3n) is 3.40. The van der Waals surface area contributed by atoms with Crippen molar-refractivity contribution in [2.24, 2.45) is 5.41 Å². The van der Waals surface area contributed by atoms with Crippen molar-refractivity contribution in [3.05, 3.63) is 0 Å². The maximum Gasteiger partial charge on any atom is 0.327 e. The number of ether oxygens (including phenoxy) is 1. The molecule has 0 aromatic carbocycles. The normalized spacial score (nSPS) is 29.9. The molecule has 0 aromatic heterocycles. The molecule has 15 heavy (non-hydrogen) atoms. The Kier molecular flexibility index (Phi) is 4.06. The molecule has 1 rings (SSSR count). The van der Waals surface area contributed by atoms with Gasteiger partial charge in [-0.15, -0.1) is 0 Å². The summed E-state index contributed by atoms with van der Waals surface area (Å²) in [5, 5.41) is 3.20. The molecule has 88 valence electrons. The summed E-state index contributed by atoms with van der Waals surface area (Å²) in [5.74, 6) is 1.82. The average Bonchev–Trinajstić information content (AvgIpc) is 2.18. The summed E-state index contributed by atoms with van der Waals surface area (Å²) < 4.78 is 5.20. The zero-order valence-corrected chi connectivity index (χ0v) is 10.9. The van der Waals surface area contributed by atoms with Crippen LogP contribution in [0.25, 0.3) is 0 Å². The van der Waals surface area contributed by atoms with E-state index in [4.69, 9.17) is 4.74 Å². The minimum absolute atomic E-state index is 0.0424. The van der Waals surface area contributed by atoms with E-state index in [-0.39, 0.29) is 11.4 Å². The molecule has 0 aliphatic carbocycles. The predicted octanol–water partition coefficient (Wildman–Crippen LogP) is 1.67. The zero-order valence-electron chi connectivity index (χ0n) is 10.1. The number of likely N-dealkylation sites (N-methyl/N-ethyl adjacent to an activating group) is 1. The van der Waals surface area contributed by atoms with Crippen LogP contribution >= 0.6 is 11.8 Å². The number of carbonyl (C=O) groups excluding carboxylic acids is 1. The first kappa shape index (κ1) is 12.8. The van der Waals surface area contributed by atoms with Crippen molar-refractivity contribution in [1.29, 1.82) is 0 Å². The van der Waals surface area contributed by atoms with Crippen LogP contribution in [0.5, 0.6) is 0 Å². The molecule has 1 fully saturated rings. The largest absolute Gasteiger partial charge is 0.465 e. The standard InChI is InChI=1S/C11H21NO2S/c1-5-14-9(13)11(12-4)8-15-7-6-10(11,2)3/h12H,5-8H2,1-4H3. The minimum atomic E-state index is -0.522. The highest BCUT2D eigenvalue weighted by atomic mass is 32.2. The first-order chi connectivity index (χ1) is 7.00. The van der Waals surface area contributed by atoms with E-state index < -0.39 is 5.54 Å². The van der Waals surface area contributed by atoms with Gasteiger partial charge in [-0.3, -0.25) is 0 Å². The van der Waals surface area contributed by atoms with Crippen molar-refractivity contribution in [1.82, 2.24) is 5.32 Å². The molecule has 4 heteroatoms. The summed E-state index contributed by atoms with van der Waals surface area (Å²) in [6.07, 6.45) is 1.04. The van der Waals surface area contributed by atoms with Crippen LogP contribution < -0.4 is 5.32 Å². The molecular formula is C11H21NO2S. The monoisotopic (exact) mass is 231 g/mol. The first-order valence-electron chi connectivity index (χ1n) is 5.44. The quantitative estimate of drug-likeness (QED) is 0.750. The molecule has 0 amide bonds. The summed E-state index contributed by atoms with van der Waals surface area (Å²) in [4.78, 5) is 12.1. The number of nitrogens with one attached hydrogen (secondary N) is 1. The van der Waals surface area contributed by atoms with Gasteiger partial charge >= 0.3 is 5.97 Å². The van der Waals surface area contributed by atoms with Crippen molar-refractivity contribution >= 4 is 17.7 Å². The van der Waals surface area contributed by atoms with Gasteiger partial charge in [0.2, 0.25) is 0 Å². The Labute approximate surface area is 96.3 Å². The lowest BCUT2D eigenvalue weighted by atomic mass is 9.71. The van der Waals surface area contributed by atoms with Crippen LogP contribution in [-0.2, 0) is 9.53 Å². The van der Waals surface area contributed by atoms with Gasteiger partial charge in [-0.1, -0.05) is 13.8 Å². The maximum absolute atomic E-state index is 12.1. The second-order valence-electron chi connectivity index (χ2n) is 4.56. The Morgan fingerprint density at radius 3 is 2.67 bits per heavy atom. The van der Waals surface area contributed by atoms with E-state index in [1.54, 1.807) is 0 Å². The van der Waals surface area contributed by atoms with Gasteiger partial charge in [0.05, 0.1) is 6.61 Å². The Morgan fingerprint density at radius 1 is 1.53 bits per heavy atom. The van der Waals surface area contributed by atoms with Crippen LogP contribution in [-0.4, -0.2) is 36.7 Å². The number of hydrogen-bond donors (Lipinski definition) is 1. The van der Waals surface area contributed by atoms with E-state index in [1.165, 1.54) is 0 Å². The molecule has 1 aliphatic rings. The summed E-state index contributed by atoms with van der Waals surface area (Å²) in [6.45, 7) is 6.58. The van der Waals surface area contributed by atoms with Crippen LogP contribution in [0, 0.1) is 5.41 Å². The van der Waals surface area contributed by atoms with Gasteiger partial charge in [0.1, 0.15) is 5.54 Å². The molecule has 1 saturated heterocycles. The van der Waals surface area contributed by atoms with Crippen LogP contribution in [0.4, 0.5) is 0 Å². The summed E-state index contributed by atoms with van der Waals surface area (Å²) in [6, 6.07) is 0. The average molecular weight is 231 g/mol. The Balaban J connectivity index is 2.94. The fraction of sp³-hybridized carbons (Fsp3) is 0.909. The first-order valence-corrected chi connectivity index (χ1v) is 6.59. The summed E-state index contributed by atoms with van der Waals surface area (Å²) in [7, 11) is 1.85. The van der Waals surface area contributed by atoms with E-state index >= 15 is 0 Å². The van der Waals surface area contributed by atoms with E-state index in [9.17, 15) is 4.79 Å². The van der Waals surface area contributed by atoms with Crippen molar-refractivity contribution in [3.8, 4) is 0 Å². The molecular weight excluding hydrogens is 210 g/mol. The molecule has 1 N–H and O–H groups in total. The third kappa shape index (κ3) is 2.16. The lowest BCUT2D eigenvalue weighted by molar-refractivity contribution is -0.155. The molecule has 0 spiro atoms. The predicted molar refractivity (Wildman–Crippen MR) is 64.1 cm³/mol. The Bertz CT molecular complexity index is 243. The molecule has 0 bridgehead atoms. The highest BCUT2D eigenvalue weighted by Gasteiger charge is 2.52. The second-order valence-corrected chi connectivity index (χ2v) is 5.67. The van der Waals surface area contributed by atoms with Gasteiger partial charge in [0.15, 0.2) is 0 Å². The van der Waals surface area contributed by atoms with Crippen molar-refractivity contribution in [2.75, 3.05) is 25.2 Å². The number of rotatable bonds is 3. The van der Waals surface area contributed by atoms with Crippen LogP contribution in [0.15, 0.2) is 0 Å². The fourth-order valence-electron chi connectivity index (χ4n) is 2.06. The third-order valence-corrected chi connectivity index (χ3v) is 4.53. The fourth-order valence-corrected chi connectivity index (χ4v) is 3.82. The Morgan fingerprint density at radius 2 is 2.20 bits per heavy atom. The molecule has 0 saturated carbocycles. The molecule has 1 atom stereocenters. The number of carbonyl (C=O) groups is 1. The van der Waals surface area contributed by atoms with E-state index in [0.717, 1.165) is 17.9 Å². The zero-order chi connectivity index (χ0) is 11.5. The van der Waals surface area contributed by atoms with Crippen molar-refractivity contribution in [3.63, 3.8) is 0 Å². The van der Waals surface area contributed by atoms with E-state index in [1.807, 2.05) is 25.7 Å². The highest BCUT2D eigenvalue weighted by Crippen LogP contribution is 2.42.